The van der Waals surface area contributed by atoms with E-state index in [9.17, 15) is 0 Å². The summed E-state index contributed by atoms with van der Waals surface area (Å²) >= 11 is 0. The van der Waals surface area contributed by atoms with Gasteiger partial charge in [-0.3, -0.25) is 0 Å². The fourth-order valence-corrected chi connectivity index (χ4v) is 7.17. The zero-order valence-electron chi connectivity index (χ0n) is 34.8. The second-order valence-corrected chi connectivity index (χ2v) is 14.8. The molecule has 0 aliphatic rings. The zero-order valence-corrected chi connectivity index (χ0v) is 34.8. The van der Waals surface area contributed by atoms with Gasteiger partial charge in [-0.1, -0.05) is 91.0 Å². The molecule has 0 saturated heterocycles. The molecule has 306 valence electrons. The number of nitrogens with zero attached hydrogens (tertiary/aromatic N) is 4. The van der Waals surface area contributed by atoms with Gasteiger partial charge in [-0.25, -0.2) is 9.97 Å². The highest BCUT2D eigenvalue weighted by Gasteiger charge is 2.17. The van der Waals surface area contributed by atoms with Gasteiger partial charge in [0, 0.05) is 23.5 Å². The number of anilines is 3. The van der Waals surface area contributed by atoms with Gasteiger partial charge in [-0.2, -0.15) is 9.97 Å². The van der Waals surface area contributed by atoms with Crippen molar-refractivity contribution in [3.8, 4) is 34.0 Å². The van der Waals surface area contributed by atoms with E-state index in [2.05, 4.69) is 117 Å². The Hall–Kier alpha value is -7.66. The van der Waals surface area contributed by atoms with Crippen LogP contribution in [0.1, 0.15) is 55.6 Å². The van der Waals surface area contributed by atoms with E-state index in [4.69, 9.17) is 19.4 Å². The minimum absolute atomic E-state index is 0.0593. The van der Waals surface area contributed by atoms with Crippen LogP contribution in [0.25, 0.3) is 44.6 Å². The van der Waals surface area contributed by atoms with E-state index in [1.807, 2.05) is 91.0 Å². The lowest BCUT2D eigenvalue weighted by molar-refractivity contribution is 0.415. The van der Waals surface area contributed by atoms with Crippen molar-refractivity contribution in [2.45, 2.75) is 38.9 Å². The molecule has 5 N–H and O–H groups in total. The van der Waals surface area contributed by atoms with Crippen LogP contribution in [0.5, 0.6) is 11.5 Å². The number of H-pyrrole nitrogens is 2. The predicted octanol–water partition coefficient (Wildman–Crippen LogP) is 11.8. The lowest BCUT2D eigenvalue weighted by Gasteiger charge is -2.18. The molecule has 0 unspecified atom stereocenters. The molecule has 0 radical (unpaired) electrons. The number of nitrogens with one attached hydrogen (secondary N) is 5. The normalized spacial score (nSPS) is 12.5. The Bertz CT molecular complexity index is 2790. The number of benzene rings is 5. The second kappa shape index (κ2) is 18.5. The van der Waals surface area contributed by atoms with Crippen LogP contribution < -0.4 is 25.4 Å². The first-order valence-corrected chi connectivity index (χ1v) is 20.3. The van der Waals surface area contributed by atoms with Crippen molar-refractivity contribution in [2.75, 3.05) is 30.2 Å². The SMILES string of the molecule is COc1ccc(-c2cc3c(N[C@H](C)c4ccccc4)nc(N[C@@H](C)c4ccccc4)nc3[nH]2)cc1.COc1ccc(-c2cc3c(N[C@H](C)c4ccccc4)ncnc3[nH]2)cc1. The molecule has 0 fully saturated rings. The van der Waals surface area contributed by atoms with Crippen molar-refractivity contribution < 1.29 is 9.47 Å². The van der Waals surface area contributed by atoms with Crippen LogP contribution in [0, 0.1) is 0 Å². The Morgan fingerprint density at radius 2 is 0.885 bits per heavy atom. The molecular weight excluding hydrogens is 759 g/mol. The first-order valence-electron chi connectivity index (χ1n) is 20.3. The van der Waals surface area contributed by atoms with E-state index in [-0.39, 0.29) is 18.1 Å². The van der Waals surface area contributed by atoms with Gasteiger partial charge in [-0.15, -0.1) is 0 Å². The van der Waals surface area contributed by atoms with E-state index in [1.165, 1.54) is 16.7 Å². The molecule has 61 heavy (non-hydrogen) atoms. The van der Waals surface area contributed by atoms with Gasteiger partial charge in [0.2, 0.25) is 5.95 Å². The van der Waals surface area contributed by atoms with Gasteiger partial charge in [-0.05, 0) is 109 Å². The summed E-state index contributed by atoms with van der Waals surface area (Å²) in [5.74, 6) is 3.83. The minimum atomic E-state index is 0.0593. The first kappa shape index (κ1) is 40.1. The summed E-state index contributed by atoms with van der Waals surface area (Å²) in [4.78, 5) is 25.4. The predicted molar refractivity (Wildman–Crippen MR) is 247 cm³/mol. The van der Waals surface area contributed by atoms with Gasteiger partial charge in [0.05, 0.1) is 31.0 Å². The molecule has 5 aromatic carbocycles. The second-order valence-electron chi connectivity index (χ2n) is 14.8. The van der Waals surface area contributed by atoms with Gasteiger partial charge in [0.15, 0.2) is 0 Å². The van der Waals surface area contributed by atoms with Crippen LogP contribution >= 0.6 is 0 Å². The maximum atomic E-state index is 5.31. The molecule has 11 heteroatoms. The van der Waals surface area contributed by atoms with Crippen LogP contribution in [0.4, 0.5) is 17.6 Å². The molecule has 0 spiro atoms. The number of hydrogen-bond acceptors (Lipinski definition) is 9. The number of hydrogen-bond donors (Lipinski definition) is 5. The average Bonchev–Trinajstić information content (AvgIpc) is 3.96. The molecule has 4 aromatic heterocycles. The molecular formula is C50H49N9O2. The summed E-state index contributed by atoms with van der Waals surface area (Å²) in [5.41, 5.74) is 9.27. The zero-order chi connectivity index (χ0) is 42.1. The van der Waals surface area contributed by atoms with Crippen molar-refractivity contribution >= 4 is 39.7 Å². The smallest absolute Gasteiger partial charge is 0.227 e. The molecule has 0 aliphatic heterocycles. The molecule has 4 heterocycles. The summed E-state index contributed by atoms with van der Waals surface area (Å²) in [5, 5.41) is 12.5. The van der Waals surface area contributed by atoms with Gasteiger partial charge in [0.1, 0.15) is 40.8 Å². The highest BCUT2D eigenvalue weighted by Crippen LogP contribution is 2.33. The van der Waals surface area contributed by atoms with E-state index in [0.29, 0.717) is 5.95 Å². The Labute approximate surface area is 355 Å². The van der Waals surface area contributed by atoms with Crippen molar-refractivity contribution in [1.82, 2.24) is 29.9 Å². The fourth-order valence-electron chi connectivity index (χ4n) is 7.17. The van der Waals surface area contributed by atoms with Crippen molar-refractivity contribution in [2.24, 2.45) is 0 Å². The third-order valence-corrected chi connectivity index (χ3v) is 10.7. The summed E-state index contributed by atoms with van der Waals surface area (Å²) < 4.78 is 10.5. The fraction of sp³-hybridized carbons (Fsp3) is 0.160. The van der Waals surface area contributed by atoms with Gasteiger partial charge in [0.25, 0.3) is 0 Å². The number of methoxy groups -OCH3 is 2. The van der Waals surface area contributed by atoms with Crippen molar-refractivity contribution in [1.29, 1.82) is 0 Å². The highest BCUT2D eigenvalue weighted by atomic mass is 16.5. The van der Waals surface area contributed by atoms with E-state index >= 15 is 0 Å². The maximum absolute atomic E-state index is 5.31. The Morgan fingerprint density at radius 1 is 0.459 bits per heavy atom. The Kier molecular flexibility index (Phi) is 12.2. The monoisotopic (exact) mass is 807 g/mol. The molecule has 0 amide bonds. The summed E-state index contributed by atoms with van der Waals surface area (Å²) in [6.45, 7) is 6.38. The van der Waals surface area contributed by atoms with Gasteiger partial charge >= 0.3 is 0 Å². The Balaban J connectivity index is 0.000000176. The Morgan fingerprint density at radius 3 is 1.36 bits per heavy atom. The topological polar surface area (TPSA) is 138 Å². The van der Waals surface area contributed by atoms with Crippen LogP contribution in [-0.2, 0) is 0 Å². The molecule has 11 nitrogen and oxygen atoms in total. The summed E-state index contributed by atoms with van der Waals surface area (Å²) in [6.07, 6.45) is 1.58. The lowest BCUT2D eigenvalue weighted by atomic mass is 10.1. The number of aromatic nitrogens is 6. The van der Waals surface area contributed by atoms with E-state index in [1.54, 1.807) is 20.5 Å². The molecule has 3 atom stereocenters. The van der Waals surface area contributed by atoms with E-state index in [0.717, 1.165) is 67.7 Å². The van der Waals surface area contributed by atoms with Crippen LogP contribution in [0.3, 0.4) is 0 Å². The first-order chi connectivity index (χ1) is 29.8. The molecule has 0 aliphatic carbocycles. The van der Waals surface area contributed by atoms with Crippen molar-refractivity contribution in [3.63, 3.8) is 0 Å². The summed E-state index contributed by atoms with van der Waals surface area (Å²) in [6, 6.07) is 51.4. The van der Waals surface area contributed by atoms with Crippen LogP contribution in [0.2, 0.25) is 0 Å². The third kappa shape index (κ3) is 9.47. The molecule has 9 aromatic rings. The molecule has 0 bridgehead atoms. The quantitative estimate of drug-likeness (QED) is 0.0771. The van der Waals surface area contributed by atoms with Crippen LogP contribution in [0.15, 0.2) is 158 Å². The molecule has 9 rings (SSSR count). The number of aromatic amines is 2. The van der Waals surface area contributed by atoms with Crippen LogP contribution in [-0.4, -0.2) is 44.1 Å². The number of ether oxygens (including phenoxy) is 2. The third-order valence-electron chi connectivity index (χ3n) is 10.7. The average molecular weight is 808 g/mol. The van der Waals surface area contributed by atoms with Gasteiger partial charge < -0.3 is 35.4 Å². The number of rotatable bonds is 13. The van der Waals surface area contributed by atoms with E-state index < -0.39 is 0 Å². The summed E-state index contributed by atoms with van der Waals surface area (Å²) in [7, 11) is 3.34. The lowest BCUT2D eigenvalue weighted by Crippen LogP contribution is -2.13. The maximum Gasteiger partial charge on any atom is 0.227 e. The largest absolute Gasteiger partial charge is 0.497 e. The molecule has 0 saturated carbocycles. The minimum Gasteiger partial charge on any atom is -0.497 e. The van der Waals surface area contributed by atoms with Crippen molar-refractivity contribution in [3.05, 3.63) is 175 Å². The highest BCUT2D eigenvalue weighted by molar-refractivity contribution is 5.93. The standard InChI is InChI=1S/C29H29N5O.C21H20N4O/c1-19(21-10-6-4-7-11-21)30-27-25-18-26(23-14-16-24(35-3)17-15-23)32-28(25)34-29(33-27)31-20(2)22-12-8-5-9-13-22;1-14(15-6-4-3-5-7-15)24-20-18-12-19(25-21(18)23-13-22-20)16-8-10-17(26-2)11-9-16/h4-20H,1-3H3,(H3,30,31,32,33,34);3-14H,1-2H3,(H2,22,23,24,25)/t19-,20+;14-/m11/s1. The number of fused-ring (bicyclic) bond motifs is 2.